The number of H-pyrrole nitrogens is 1. The summed E-state index contributed by atoms with van der Waals surface area (Å²) in [4.78, 5) is 36.4. The van der Waals surface area contributed by atoms with Crippen molar-refractivity contribution < 1.29 is 4.79 Å². The first kappa shape index (κ1) is 18.6. The number of carbonyl (C=O) groups excluding carboxylic acids is 1. The second-order valence-corrected chi connectivity index (χ2v) is 7.81. The topological polar surface area (TPSA) is 69.3 Å². The molecule has 1 aliphatic rings. The molecule has 26 heavy (non-hydrogen) atoms. The molecule has 1 saturated heterocycles. The number of piperidine rings is 1. The van der Waals surface area contributed by atoms with Crippen molar-refractivity contribution in [2.75, 3.05) is 20.1 Å². The summed E-state index contributed by atoms with van der Waals surface area (Å²) in [5.74, 6) is 1.81. The molecule has 1 amide bonds. The van der Waals surface area contributed by atoms with Crippen LogP contribution >= 0.6 is 0 Å². The number of para-hydroxylation sites is 1. The summed E-state index contributed by atoms with van der Waals surface area (Å²) >= 11 is 0. The van der Waals surface area contributed by atoms with Crippen molar-refractivity contribution in [1.29, 1.82) is 0 Å². The molecule has 0 unspecified atom stereocenters. The molecular weight excluding hydrogens is 328 g/mol. The predicted octanol–water partition coefficient (Wildman–Crippen LogP) is 2.25. The van der Waals surface area contributed by atoms with E-state index in [-0.39, 0.29) is 17.5 Å². The van der Waals surface area contributed by atoms with Crippen LogP contribution in [-0.4, -0.2) is 51.9 Å². The molecule has 1 fully saturated rings. The van der Waals surface area contributed by atoms with Gasteiger partial charge in [0.15, 0.2) is 0 Å². The summed E-state index contributed by atoms with van der Waals surface area (Å²) in [6.45, 7) is 8.40. The molecule has 3 atom stereocenters. The highest BCUT2D eigenvalue weighted by Gasteiger charge is 2.30. The maximum absolute atomic E-state index is 12.9. The van der Waals surface area contributed by atoms with Crippen molar-refractivity contribution in [1.82, 2.24) is 19.8 Å². The zero-order valence-corrected chi connectivity index (χ0v) is 16.0. The van der Waals surface area contributed by atoms with Crippen LogP contribution in [-0.2, 0) is 11.3 Å². The quantitative estimate of drug-likeness (QED) is 0.912. The lowest BCUT2D eigenvalue weighted by Crippen LogP contribution is -2.50. The van der Waals surface area contributed by atoms with Crippen LogP contribution in [0.15, 0.2) is 29.1 Å². The Bertz CT molecular complexity index is 837. The van der Waals surface area contributed by atoms with Crippen LogP contribution in [0.1, 0.15) is 33.0 Å². The Hall–Kier alpha value is -2.21. The molecular formula is C20H28N4O2. The van der Waals surface area contributed by atoms with E-state index >= 15 is 0 Å². The number of hydrogen-bond donors (Lipinski definition) is 1. The van der Waals surface area contributed by atoms with Crippen LogP contribution < -0.4 is 5.56 Å². The van der Waals surface area contributed by atoms with E-state index in [1.807, 2.05) is 42.0 Å². The first-order valence-corrected chi connectivity index (χ1v) is 9.32. The van der Waals surface area contributed by atoms with Gasteiger partial charge in [-0.15, -0.1) is 0 Å². The number of benzene rings is 1. The summed E-state index contributed by atoms with van der Waals surface area (Å²) in [6.07, 6.45) is 1.18. The molecule has 0 spiro atoms. The third-order valence-electron chi connectivity index (χ3n) is 5.26. The van der Waals surface area contributed by atoms with E-state index < -0.39 is 0 Å². The van der Waals surface area contributed by atoms with Crippen LogP contribution in [0.2, 0.25) is 0 Å². The average molecular weight is 356 g/mol. The number of likely N-dealkylation sites (N-methyl/N-ethyl adjacent to an activating group) is 1. The first-order chi connectivity index (χ1) is 12.3. The third kappa shape index (κ3) is 3.96. The molecule has 6 nitrogen and oxygen atoms in total. The predicted molar refractivity (Wildman–Crippen MR) is 103 cm³/mol. The summed E-state index contributed by atoms with van der Waals surface area (Å²) < 4.78 is 0. The minimum Gasteiger partial charge on any atom is -0.341 e. The highest BCUT2D eigenvalue weighted by molar-refractivity contribution is 5.81. The van der Waals surface area contributed by atoms with Gasteiger partial charge in [0.2, 0.25) is 5.91 Å². The lowest BCUT2D eigenvalue weighted by Gasteiger charge is -2.38. The van der Waals surface area contributed by atoms with Crippen molar-refractivity contribution in [2.24, 2.45) is 11.8 Å². The monoisotopic (exact) mass is 356 g/mol. The number of hydrogen-bond acceptors (Lipinski definition) is 4. The Labute approximate surface area is 154 Å². The Kier molecular flexibility index (Phi) is 5.41. The number of amides is 1. The highest BCUT2D eigenvalue weighted by Crippen LogP contribution is 2.22. The normalized spacial score (nSPS) is 22.0. The van der Waals surface area contributed by atoms with Crippen molar-refractivity contribution >= 4 is 16.8 Å². The number of rotatable bonds is 4. The van der Waals surface area contributed by atoms with Crippen LogP contribution in [0.25, 0.3) is 10.9 Å². The number of likely N-dealkylation sites (tertiary alicyclic amines) is 1. The van der Waals surface area contributed by atoms with Gasteiger partial charge >= 0.3 is 0 Å². The van der Waals surface area contributed by atoms with E-state index in [9.17, 15) is 9.59 Å². The summed E-state index contributed by atoms with van der Waals surface area (Å²) in [5, 5.41) is 0.583. The van der Waals surface area contributed by atoms with Crippen LogP contribution in [0, 0.1) is 11.8 Å². The van der Waals surface area contributed by atoms with Crippen molar-refractivity contribution in [3.05, 3.63) is 40.4 Å². The van der Waals surface area contributed by atoms with E-state index in [2.05, 4.69) is 23.8 Å². The number of nitrogens with zero attached hydrogens (tertiary/aromatic N) is 3. The van der Waals surface area contributed by atoms with Gasteiger partial charge in [0, 0.05) is 13.1 Å². The number of nitrogens with one attached hydrogen (secondary N) is 1. The van der Waals surface area contributed by atoms with Crippen LogP contribution in [0.4, 0.5) is 0 Å². The summed E-state index contributed by atoms with van der Waals surface area (Å²) in [7, 11) is 1.90. The maximum Gasteiger partial charge on any atom is 0.258 e. The van der Waals surface area contributed by atoms with Gasteiger partial charge in [0.25, 0.3) is 5.56 Å². The van der Waals surface area contributed by atoms with Crippen molar-refractivity contribution in [2.45, 2.75) is 39.8 Å². The maximum atomic E-state index is 12.9. The minimum absolute atomic E-state index is 0.142. The Balaban J connectivity index is 1.72. The smallest absolute Gasteiger partial charge is 0.258 e. The van der Waals surface area contributed by atoms with E-state index in [0.29, 0.717) is 35.1 Å². The van der Waals surface area contributed by atoms with Gasteiger partial charge in [-0.1, -0.05) is 26.0 Å². The number of carbonyl (C=O) groups is 1. The van der Waals surface area contributed by atoms with Crippen LogP contribution in [0.3, 0.4) is 0 Å². The molecule has 3 rings (SSSR count). The second kappa shape index (κ2) is 7.58. The second-order valence-electron chi connectivity index (χ2n) is 7.81. The molecule has 1 aliphatic heterocycles. The minimum atomic E-state index is -0.260. The SMILES string of the molecule is C[C@@H]1C[C@@H](C)CN(C(=O)[C@@H](C)N(C)Cc2nc3ccccc3c(=O)[nH]2)C1. The molecule has 2 aromatic rings. The van der Waals surface area contributed by atoms with E-state index in [0.717, 1.165) is 13.1 Å². The lowest BCUT2D eigenvalue weighted by atomic mass is 9.91. The Morgan fingerprint density at radius 1 is 1.31 bits per heavy atom. The average Bonchev–Trinajstić information content (AvgIpc) is 2.59. The number of fused-ring (bicyclic) bond motifs is 1. The molecule has 0 saturated carbocycles. The highest BCUT2D eigenvalue weighted by atomic mass is 16.2. The molecule has 6 heteroatoms. The fourth-order valence-corrected chi connectivity index (χ4v) is 3.88. The molecule has 140 valence electrons. The van der Waals surface area contributed by atoms with E-state index in [1.54, 1.807) is 6.07 Å². The van der Waals surface area contributed by atoms with Gasteiger partial charge in [-0.05, 0) is 44.4 Å². The summed E-state index contributed by atoms with van der Waals surface area (Å²) in [5.41, 5.74) is 0.536. The van der Waals surface area contributed by atoms with Crippen molar-refractivity contribution in [3.63, 3.8) is 0 Å². The van der Waals surface area contributed by atoms with Crippen LogP contribution in [0.5, 0.6) is 0 Å². The number of aromatic amines is 1. The fourth-order valence-electron chi connectivity index (χ4n) is 3.88. The Morgan fingerprint density at radius 3 is 2.65 bits per heavy atom. The third-order valence-corrected chi connectivity index (χ3v) is 5.26. The number of aromatic nitrogens is 2. The molecule has 0 radical (unpaired) electrons. The molecule has 1 aromatic heterocycles. The first-order valence-electron chi connectivity index (χ1n) is 9.32. The van der Waals surface area contributed by atoms with Gasteiger partial charge in [-0.2, -0.15) is 0 Å². The molecule has 1 aromatic carbocycles. The van der Waals surface area contributed by atoms with Gasteiger partial charge in [-0.25, -0.2) is 4.98 Å². The van der Waals surface area contributed by atoms with Gasteiger partial charge in [-0.3, -0.25) is 14.5 Å². The van der Waals surface area contributed by atoms with E-state index in [1.165, 1.54) is 6.42 Å². The zero-order chi connectivity index (χ0) is 18.8. The molecule has 0 aliphatic carbocycles. The lowest BCUT2D eigenvalue weighted by molar-refractivity contribution is -0.138. The fraction of sp³-hybridized carbons (Fsp3) is 0.550. The largest absolute Gasteiger partial charge is 0.341 e. The Morgan fingerprint density at radius 2 is 1.96 bits per heavy atom. The van der Waals surface area contributed by atoms with E-state index in [4.69, 9.17) is 0 Å². The molecule has 2 heterocycles. The van der Waals surface area contributed by atoms with Crippen molar-refractivity contribution in [3.8, 4) is 0 Å². The molecule has 0 bridgehead atoms. The van der Waals surface area contributed by atoms with Gasteiger partial charge < -0.3 is 9.88 Å². The van der Waals surface area contributed by atoms with Gasteiger partial charge in [0.1, 0.15) is 5.82 Å². The van der Waals surface area contributed by atoms with Gasteiger partial charge in [0.05, 0.1) is 23.5 Å². The molecule has 1 N–H and O–H groups in total. The standard InChI is InChI=1S/C20H28N4O2/c1-13-9-14(2)11-24(10-13)20(26)15(3)23(4)12-18-21-17-8-6-5-7-16(17)19(25)22-18/h5-8,13-15H,9-12H2,1-4H3,(H,21,22,25)/t13-,14-,15-/m1/s1. The zero-order valence-electron chi connectivity index (χ0n) is 16.0. The summed E-state index contributed by atoms with van der Waals surface area (Å²) in [6, 6.07) is 7.03.